The van der Waals surface area contributed by atoms with Crippen molar-refractivity contribution in [1.29, 1.82) is 0 Å². The van der Waals surface area contributed by atoms with Gasteiger partial charge in [0, 0.05) is 35.6 Å². The van der Waals surface area contributed by atoms with Gasteiger partial charge in [0.15, 0.2) is 0 Å². The Bertz CT molecular complexity index is 1140. The number of hydrogen-bond acceptors (Lipinski definition) is 4. The quantitative estimate of drug-likeness (QED) is 0.317. The van der Waals surface area contributed by atoms with E-state index in [-0.39, 0.29) is 31.3 Å². The summed E-state index contributed by atoms with van der Waals surface area (Å²) >= 11 is 9.52. The molecule has 0 spiro atoms. The second-order valence-electron chi connectivity index (χ2n) is 8.84. The van der Waals surface area contributed by atoms with Crippen molar-refractivity contribution >= 4 is 55.1 Å². The highest BCUT2D eigenvalue weighted by Crippen LogP contribution is 2.27. The van der Waals surface area contributed by atoms with Crippen LogP contribution in [0.3, 0.4) is 0 Å². The van der Waals surface area contributed by atoms with Gasteiger partial charge in [-0.25, -0.2) is 8.42 Å². The lowest BCUT2D eigenvalue weighted by Gasteiger charge is -2.29. The number of nitrogens with zero attached hydrogens (tertiary/aromatic N) is 2. The summed E-state index contributed by atoms with van der Waals surface area (Å²) in [6.07, 6.45) is 3.34. The normalized spacial score (nSPS) is 12.2. The zero-order valence-electron chi connectivity index (χ0n) is 21.3. The van der Waals surface area contributed by atoms with Crippen molar-refractivity contribution in [2.45, 2.75) is 59.0 Å². The van der Waals surface area contributed by atoms with Gasteiger partial charge in [0.05, 0.1) is 11.9 Å². The number of unbranched alkanes of at least 4 members (excludes halogenated alkanes) is 1. The van der Waals surface area contributed by atoms with Crippen LogP contribution in [0.4, 0.5) is 5.69 Å². The van der Waals surface area contributed by atoms with E-state index in [1.54, 1.807) is 30.0 Å². The van der Waals surface area contributed by atoms with Gasteiger partial charge >= 0.3 is 0 Å². The van der Waals surface area contributed by atoms with Crippen LogP contribution in [0.2, 0.25) is 5.02 Å². The van der Waals surface area contributed by atoms with Crippen LogP contribution in [-0.4, -0.2) is 50.5 Å². The Balaban J connectivity index is 2.17. The molecule has 7 nitrogen and oxygen atoms in total. The van der Waals surface area contributed by atoms with E-state index in [0.717, 1.165) is 34.7 Å². The molecule has 0 radical (unpaired) electrons. The van der Waals surface area contributed by atoms with Crippen molar-refractivity contribution in [1.82, 2.24) is 10.2 Å². The number of anilines is 1. The van der Waals surface area contributed by atoms with Crippen LogP contribution in [0.15, 0.2) is 46.9 Å². The van der Waals surface area contributed by atoms with Crippen molar-refractivity contribution in [2.24, 2.45) is 0 Å². The monoisotopic (exact) mass is 599 g/mol. The van der Waals surface area contributed by atoms with Gasteiger partial charge in [-0.1, -0.05) is 59.1 Å². The molecule has 1 unspecified atom stereocenters. The topological polar surface area (TPSA) is 86.8 Å². The van der Waals surface area contributed by atoms with Crippen LogP contribution < -0.4 is 9.62 Å². The zero-order chi connectivity index (χ0) is 26.9. The van der Waals surface area contributed by atoms with Gasteiger partial charge in [-0.2, -0.15) is 0 Å². The minimum Gasteiger partial charge on any atom is -0.354 e. The third-order valence-corrected chi connectivity index (χ3v) is 7.80. The van der Waals surface area contributed by atoms with Crippen molar-refractivity contribution in [3.05, 3.63) is 63.1 Å². The molecule has 36 heavy (non-hydrogen) atoms. The molecule has 0 fully saturated rings. The van der Waals surface area contributed by atoms with E-state index in [1.165, 1.54) is 4.31 Å². The fourth-order valence-corrected chi connectivity index (χ4v) is 5.18. The third kappa shape index (κ3) is 9.09. The molecule has 2 aromatic carbocycles. The van der Waals surface area contributed by atoms with Crippen LogP contribution in [-0.2, 0) is 26.2 Å². The van der Waals surface area contributed by atoms with Gasteiger partial charge in [-0.05, 0) is 62.1 Å². The standard InChI is InChI=1S/C26H35BrClN3O4S/c1-5-6-15-29-26(33)20(3)30(18-21-10-12-22(27)13-11-21)25(32)8-7-16-31(36(4,34)35)24-17-23(28)14-9-19(24)2/h9-14,17,20H,5-8,15-16,18H2,1-4H3,(H,29,33). The number of carbonyl (C=O) groups excluding carboxylic acids is 2. The first-order valence-corrected chi connectivity index (χ1v) is 15.0. The van der Waals surface area contributed by atoms with Crippen molar-refractivity contribution in [3.8, 4) is 0 Å². The average Bonchev–Trinajstić information content (AvgIpc) is 2.82. The minimum absolute atomic E-state index is 0.0920. The molecule has 198 valence electrons. The number of halogens is 2. The molecule has 0 heterocycles. The molecule has 0 aliphatic heterocycles. The molecule has 0 aliphatic carbocycles. The van der Waals surface area contributed by atoms with Gasteiger partial charge in [-0.3, -0.25) is 13.9 Å². The van der Waals surface area contributed by atoms with Crippen LogP contribution in [0.1, 0.15) is 50.7 Å². The number of amides is 2. The third-order valence-electron chi connectivity index (χ3n) is 5.86. The number of rotatable bonds is 13. The zero-order valence-corrected chi connectivity index (χ0v) is 24.4. The first kappa shape index (κ1) is 30.1. The van der Waals surface area contributed by atoms with Gasteiger partial charge in [0.25, 0.3) is 0 Å². The minimum atomic E-state index is -3.59. The summed E-state index contributed by atoms with van der Waals surface area (Å²) in [6, 6.07) is 12.0. The number of nitrogens with one attached hydrogen (secondary N) is 1. The molecule has 0 aromatic heterocycles. The first-order valence-electron chi connectivity index (χ1n) is 12.0. The Kier molecular flexibility index (Phi) is 11.7. The SMILES string of the molecule is CCCCNC(=O)C(C)N(Cc1ccc(Br)cc1)C(=O)CCCN(c1cc(Cl)ccc1C)S(C)(=O)=O. The molecule has 0 aliphatic rings. The summed E-state index contributed by atoms with van der Waals surface area (Å²) in [4.78, 5) is 27.6. The lowest BCUT2D eigenvalue weighted by Crippen LogP contribution is -2.48. The Hall–Kier alpha value is -2.10. The van der Waals surface area contributed by atoms with E-state index in [0.29, 0.717) is 23.7 Å². The molecule has 0 saturated heterocycles. The average molecular weight is 601 g/mol. The Morgan fingerprint density at radius 2 is 1.78 bits per heavy atom. The van der Waals surface area contributed by atoms with E-state index in [9.17, 15) is 18.0 Å². The van der Waals surface area contributed by atoms with Crippen LogP contribution in [0.25, 0.3) is 0 Å². The summed E-state index contributed by atoms with van der Waals surface area (Å²) in [7, 11) is -3.59. The van der Waals surface area contributed by atoms with Crippen LogP contribution in [0.5, 0.6) is 0 Å². The van der Waals surface area contributed by atoms with Crippen molar-refractivity contribution < 1.29 is 18.0 Å². The summed E-state index contributed by atoms with van der Waals surface area (Å²) < 4.78 is 27.3. The van der Waals surface area contributed by atoms with Crippen LogP contribution >= 0.6 is 27.5 Å². The number of aryl methyl sites for hydroxylation is 1. The maximum atomic E-state index is 13.3. The predicted molar refractivity (Wildman–Crippen MR) is 150 cm³/mol. The largest absolute Gasteiger partial charge is 0.354 e. The summed E-state index contributed by atoms with van der Waals surface area (Å²) in [6.45, 7) is 6.53. The molecular weight excluding hydrogens is 566 g/mol. The Morgan fingerprint density at radius 1 is 1.11 bits per heavy atom. The van der Waals surface area contributed by atoms with E-state index >= 15 is 0 Å². The molecule has 1 atom stereocenters. The molecule has 2 aromatic rings. The molecule has 2 amide bonds. The highest BCUT2D eigenvalue weighted by atomic mass is 79.9. The van der Waals surface area contributed by atoms with E-state index in [2.05, 4.69) is 21.2 Å². The van der Waals surface area contributed by atoms with E-state index in [4.69, 9.17) is 11.6 Å². The van der Waals surface area contributed by atoms with Gasteiger partial charge in [0.2, 0.25) is 21.8 Å². The predicted octanol–water partition coefficient (Wildman–Crippen LogP) is 5.29. The Labute approximate surface area is 228 Å². The number of sulfonamides is 1. The second kappa shape index (κ2) is 14.0. The van der Waals surface area contributed by atoms with Crippen LogP contribution in [0, 0.1) is 6.92 Å². The van der Waals surface area contributed by atoms with Crippen molar-refractivity contribution in [2.75, 3.05) is 23.7 Å². The highest BCUT2D eigenvalue weighted by Gasteiger charge is 2.26. The molecule has 10 heteroatoms. The maximum absolute atomic E-state index is 13.3. The first-order chi connectivity index (χ1) is 16.9. The molecule has 2 rings (SSSR count). The fraction of sp³-hybridized carbons (Fsp3) is 0.462. The molecular formula is C26H35BrClN3O4S. The van der Waals surface area contributed by atoms with Gasteiger partial charge in [0.1, 0.15) is 6.04 Å². The van der Waals surface area contributed by atoms with Crippen molar-refractivity contribution in [3.63, 3.8) is 0 Å². The molecule has 0 bridgehead atoms. The number of hydrogen-bond donors (Lipinski definition) is 1. The second-order valence-corrected chi connectivity index (χ2v) is 12.1. The van der Waals surface area contributed by atoms with E-state index in [1.807, 2.05) is 38.1 Å². The maximum Gasteiger partial charge on any atom is 0.242 e. The molecule has 1 N–H and O–H groups in total. The smallest absolute Gasteiger partial charge is 0.242 e. The molecule has 0 saturated carbocycles. The fourth-order valence-electron chi connectivity index (χ4n) is 3.74. The van der Waals surface area contributed by atoms with E-state index < -0.39 is 16.1 Å². The number of carbonyl (C=O) groups is 2. The van der Waals surface area contributed by atoms with Gasteiger partial charge < -0.3 is 10.2 Å². The Morgan fingerprint density at radius 3 is 2.39 bits per heavy atom. The lowest BCUT2D eigenvalue weighted by molar-refractivity contribution is -0.140. The highest BCUT2D eigenvalue weighted by molar-refractivity contribution is 9.10. The van der Waals surface area contributed by atoms with Gasteiger partial charge in [-0.15, -0.1) is 0 Å². The summed E-state index contributed by atoms with van der Waals surface area (Å²) in [5.41, 5.74) is 2.16. The summed E-state index contributed by atoms with van der Waals surface area (Å²) in [5.74, 6) is -0.423. The number of benzene rings is 2. The summed E-state index contributed by atoms with van der Waals surface area (Å²) in [5, 5.41) is 3.33. The lowest BCUT2D eigenvalue weighted by atomic mass is 10.1.